The summed E-state index contributed by atoms with van der Waals surface area (Å²) >= 11 is 5.12. The van der Waals surface area contributed by atoms with Gasteiger partial charge in [-0.05, 0) is 0 Å². The number of hydrogen-bond donors (Lipinski definition) is 3. The molecule has 0 bridgehead atoms. The Morgan fingerprint density at radius 3 is 2.50 bits per heavy atom. The van der Waals surface area contributed by atoms with Gasteiger partial charge in [0, 0.05) is 17.3 Å². The van der Waals surface area contributed by atoms with Gasteiger partial charge < -0.3 is 5.11 Å². The number of aliphatic hydroxyl groups excluding tert-OH is 1. The van der Waals surface area contributed by atoms with Crippen molar-refractivity contribution in [1.82, 2.24) is 0 Å². The maximum absolute atomic E-state index is 10.2. The van der Waals surface area contributed by atoms with Crippen LogP contribution in [0.5, 0.6) is 0 Å². The van der Waals surface area contributed by atoms with E-state index >= 15 is 0 Å². The largest absolute Gasteiger partial charge is 0.391 e. The Bertz CT molecular complexity index is 201. The molecule has 0 aromatic heterocycles. The van der Waals surface area contributed by atoms with Crippen molar-refractivity contribution in [3.63, 3.8) is 0 Å². The standard InChI is InChI=1S/C5H12O4S3/c6-5(3-10)4-11-1-2-12(7,8)9/h5-6,10H,1-4H2,(H,7,8,9). The fourth-order valence-corrected chi connectivity index (χ4v) is 2.61. The molecule has 0 rings (SSSR count). The molecule has 4 nitrogen and oxygen atoms in total. The third kappa shape index (κ3) is 8.66. The summed E-state index contributed by atoms with van der Waals surface area (Å²) < 4.78 is 28.7. The van der Waals surface area contributed by atoms with Crippen molar-refractivity contribution in [3.05, 3.63) is 0 Å². The lowest BCUT2D eigenvalue weighted by molar-refractivity contribution is 0.225. The van der Waals surface area contributed by atoms with Crippen LogP contribution in [-0.2, 0) is 10.1 Å². The third-order valence-corrected chi connectivity index (χ3v) is 3.52. The number of hydrogen-bond acceptors (Lipinski definition) is 5. The minimum atomic E-state index is -3.85. The fraction of sp³-hybridized carbons (Fsp3) is 1.00. The molecule has 2 N–H and O–H groups in total. The van der Waals surface area contributed by atoms with Crippen LogP contribution in [0.3, 0.4) is 0 Å². The summed E-state index contributed by atoms with van der Waals surface area (Å²) in [6, 6.07) is 0. The van der Waals surface area contributed by atoms with Gasteiger partial charge in [0.2, 0.25) is 0 Å². The highest BCUT2D eigenvalue weighted by Gasteiger charge is 2.05. The molecule has 0 spiro atoms. The Balaban J connectivity index is 3.34. The van der Waals surface area contributed by atoms with Crippen molar-refractivity contribution in [3.8, 4) is 0 Å². The lowest BCUT2D eigenvalue weighted by Gasteiger charge is -2.04. The van der Waals surface area contributed by atoms with Gasteiger partial charge in [-0.2, -0.15) is 32.8 Å². The van der Waals surface area contributed by atoms with Crippen LogP contribution in [0.15, 0.2) is 0 Å². The summed E-state index contributed by atoms with van der Waals surface area (Å²) in [7, 11) is -3.85. The van der Waals surface area contributed by atoms with E-state index in [0.29, 0.717) is 17.3 Å². The van der Waals surface area contributed by atoms with Crippen molar-refractivity contribution in [1.29, 1.82) is 0 Å². The lowest BCUT2D eigenvalue weighted by Crippen LogP contribution is -2.13. The average Bonchev–Trinajstić information content (AvgIpc) is 1.96. The first-order valence-corrected chi connectivity index (χ1v) is 6.67. The van der Waals surface area contributed by atoms with Gasteiger partial charge in [-0.15, -0.1) is 0 Å². The second-order valence-electron chi connectivity index (χ2n) is 2.20. The van der Waals surface area contributed by atoms with E-state index in [2.05, 4.69) is 12.6 Å². The minimum absolute atomic E-state index is 0.267. The number of thiol groups is 1. The fourth-order valence-electron chi connectivity index (χ4n) is 0.436. The molecule has 0 radical (unpaired) electrons. The molecule has 0 saturated carbocycles. The van der Waals surface area contributed by atoms with Crippen molar-refractivity contribution >= 4 is 34.5 Å². The number of rotatable bonds is 6. The Kier molecular flexibility index (Phi) is 6.38. The highest BCUT2D eigenvalue weighted by Crippen LogP contribution is 2.04. The molecule has 74 valence electrons. The van der Waals surface area contributed by atoms with Crippen LogP contribution in [0.4, 0.5) is 0 Å². The normalized spacial score (nSPS) is 14.6. The number of thioether (sulfide) groups is 1. The molecule has 0 aliphatic heterocycles. The molecule has 0 aliphatic rings. The van der Waals surface area contributed by atoms with Crippen LogP contribution in [0.1, 0.15) is 0 Å². The minimum Gasteiger partial charge on any atom is -0.391 e. The van der Waals surface area contributed by atoms with Crippen molar-refractivity contribution in [2.24, 2.45) is 0 Å². The SMILES string of the molecule is O=S(=O)(O)CCSCC(O)CS. The van der Waals surface area contributed by atoms with Crippen LogP contribution in [0, 0.1) is 0 Å². The molecule has 0 amide bonds. The van der Waals surface area contributed by atoms with Gasteiger partial charge in [-0.1, -0.05) is 0 Å². The first-order chi connectivity index (χ1) is 5.45. The topological polar surface area (TPSA) is 74.6 Å². The molecule has 0 fully saturated rings. The monoisotopic (exact) mass is 232 g/mol. The van der Waals surface area contributed by atoms with Gasteiger partial charge in [-0.25, -0.2) is 0 Å². The van der Waals surface area contributed by atoms with Crippen molar-refractivity contribution in [2.75, 3.05) is 23.0 Å². The zero-order valence-corrected chi connectivity index (χ0v) is 8.91. The van der Waals surface area contributed by atoms with E-state index in [-0.39, 0.29) is 5.75 Å². The zero-order valence-electron chi connectivity index (χ0n) is 6.38. The smallest absolute Gasteiger partial charge is 0.265 e. The molecule has 1 unspecified atom stereocenters. The van der Waals surface area contributed by atoms with E-state index < -0.39 is 16.2 Å². The first kappa shape index (κ1) is 12.6. The molecule has 0 aromatic carbocycles. The van der Waals surface area contributed by atoms with Gasteiger partial charge >= 0.3 is 0 Å². The van der Waals surface area contributed by atoms with Crippen molar-refractivity contribution in [2.45, 2.75) is 6.10 Å². The maximum Gasteiger partial charge on any atom is 0.265 e. The molecule has 12 heavy (non-hydrogen) atoms. The summed E-state index contributed by atoms with van der Waals surface area (Å²) in [5.74, 6) is 0.832. The second-order valence-corrected chi connectivity index (χ2v) is 5.28. The Morgan fingerprint density at radius 2 is 2.08 bits per heavy atom. The van der Waals surface area contributed by atoms with Crippen LogP contribution in [0.25, 0.3) is 0 Å². The quantitative estimate of drug-likeness (QED) is 0.339. The predicted molar refractivity (Wildman–Crippen MR) is 53.6 cm³/mol. The van der Waals surface area contributed by atoms with E-state index in [0.717, 1.165) is 0 Å². The maximum atomic E-state index is 10.2. The van der Waals surface area contributed by atoms with Gasteiger partial charge in [0.15, 0.2) is 0 Å². The third-order valence-electron chi connectivity index (χ3n) is 1.01. The molecule has 0 aromatic rings. The highest BCUT2D eigenvalue weighted by atomic mass is 32.2. The second kappa shape index (κ2) is 6.09. The average molecular weight is 232 g/mol. The van der Waals surface area contributed by atoms with E-state index in [4.69, 9.17) is 9.66 Å². The predicted octanol–water partition coefficient (Wildman–Crippen LogP) is -0.102. The van der Waals surface area contributed by atoms with Crippen LogP contribution >= 0.6 is 24.4 Å². The summed E-state index contributed by atoms with van der Waals surface area (Å²) in [6.07, 6.45) is -0.514. The van der Waals surface area contributed by atoms with Crippen molar-refractivity contribution < 1.29 is 18.1 Å². The van der Waals surface area contributed by atoms with E-state index in [9.17, 15) is 8.42 Å². The zero-order chi connectivity index (χ0) is 9.61. The van der Waals surface area contributed by atoms with Crippen LogP contribution < -0.4 is 0 Å². The highest BCUT2D eigenvalue weighted by molar-refractivity contribution is 8.00. The molecule has 1 atom stereocenters. The summed E-state index contributed by atoms with van der Waals surface area (Å²) in [4.78, 5) is 0. The lowest BCUT2D eigenvalue weighted by atomic mass is 10.5. The molecule has 0 heterocycles. The Morgan fingerprint density at radius 1 is 1.50 bits per heavy atom. The molecule has 0 aliphatic carbocycles. The van der Waals surface area contributed by atoms with Gasteiger partial charge in [0.1, 0.15) is 0 Å². The molecular formula is C5H12O4S3. The van der Waals surface area contributed by atoms with Crippen LogP contribution in [0.2, 0.25) is 0 Å². The Hall–Kier alpha value is 0.570. The molecular weight excluding hydrogens is 220 g/mol. The summed E-state index contributed by atoms with van der Waals surface area (Å²) in [5, 5.41) is 8.98. The molecule has 0 saturated heterocycles. The van der Waals surface area contributed by atoms with E-state index in [1.807, 2.05) is 0 Å². The van der Waals surface area contributed by atoms with Gasteiger partial charge in [-0.3, -0.25) is 4.55 Å². The van der Waals surface area contributed by atoms with E-state index in [1.54, 1.807) is 0 Å². The van der Waals surface area contributed by atoms with Gasteiger partial charge in [0.25, 0.3) is 10.1 Å². The van der Waals surface area contributed by atoms with Crippen LogP contribution in [-0.4, -0.2) is 47.2 Å². The summed E-state index contributed by atoms with van der Waals surface area (Å²) in [6.45, 7) is 0. The number of aliphatic hydroxyl groups is 1. The molecule has 7 heteroatoms. The Labute approximate surface area is 81.9 Å². The summed E-state index contributed by atoms with van der Waals surface area (Å²) in [5.41, 5.74) is 0. The van der Waals surface area contributed by atoms with Gasteiger partial charge in [0.05, 0.1) is 11.9 Å². The van der Waals surface area contributed by atoms with E-state index in [1.165, 1.54) is 11.8 Å². The first-order valence-electron chi connectivity index (χ1n) is 3.27.